The number of benzene rings is 1. The van der Waals surface area contributed by atoms with E-state index in [0.29, 0.717) is 27.8 Å². The van der Waals surface area contributed by atoms with Crippen molar-refractivity contribution in [2.45, 2.75) is 24.1 Å². The number of halogens is 1. The lowest BCUT2D eigenvalue weighted by molar-refractivity contribution is 0.0947. The molecule has 2 unspecified atom stereocenters. The molecule has 5 heteroatoms. The van der Waals surface area contributed by atoms with Crippen molar-refractivity contribution in [2.75, 3.05) is 13.3 Å². The second-order valence-electron chi connectivity index (χ2n) is 4.99. The summed E-state index contributed by atoms with van der Waals surface area (Å²) in [6.07, 6.45) is 3.61. The quantitative estimate of drug-likeness (QED) is 0.869. The molecule has 2 atom stereocenters. The number of nitrogens with one attached hydrogen (secondary N) is 1. The van der Waals surface area contributed by atoms with Crippen LogP contribution >= 0.6 is 15.9 Å². The molecule has 0 saturated heterocycles. The molecular weight excluding hydrogens is 310 g/mol. The highest BCUT2D eigenvalue weighted by Crippen LogP contribution is 2.33. The van der Waals surface area contributed by atoms with E-state index in [2.05, 4.69) is 21.2 Å². The van der Waals surface area contributed by atoms with E-state index in [1.54, 1.807) is 18.2 Å². The first-order chi connectivity index (χ1) is 9.24. The lowest BCUT2D eigenvalue weighted by Crippen LogP contribution is -2.30. The normalized spacial score (nSPS) is 24.5. The van der Waals surface area contributed by atoms with Gasteiger partial charge in [0.1, 0.15) is 0 Å². The van der Waals surface area contributed by atoms with Crippen molar-refractivity contribution < 1.29 is 14.3 Å². The van der Waals surface area contributed by atoms with Crippen LogP contribution in [0.25, 0.3) is 0 Å². The summed E-state index contributed by atoms with van der Waals surface area (Å²) in [5.74, 6) is 1.84. The zero-order valence-electron chi connectivity index (χ0n) is 10.5. The summed E-state index contributed by atoms with van der Waals surface area (Å²) in [6.45, 7) is 0.955. The van der Waals surface area contributed by atoms with Gasteiger partial charge in [0.15, 0.2) is 11.5 Å². The Morgan fingerprint density at radius 1 is 1.32 bits per heavy atom. The molecule has 1 aromatic rings. The predicted octanol–water partition coefficient (Wildman–Crippen LogP) is 2.71. The highest BCUT2D eigenvalue weighted by molar-refractivity contribution is 9.09. The van der Waals surface area contributed by atoms with Gasteiger partial charge in [-0.2, -0.15) is 0 Å². The van der Waals surface area contributed by atoms with Gasteiger partial charge in [0.25, 0.3) is 5.91 Å². The van der Waals surface area contributed by atoms with E-state index in [9.17, 15) is 4.79 Å². The molecule has 1 N–H and O–H groups in total. The van der Waals surface area contributed by atoms with Crippen LogP contribution in [-0.2, 0) is 0 Å². The van der Waals surface area contributed by atoms with E-state index >= 15 is 0 Å². The van der Waals surface area contributed by atoms with Crippen molar-refractivity contribution in [3.8, 4) is 11.5 Å². The number of alkyl halides is 1. The van der Waals surface area contributed by atoms with E-state index in [0.717, 1.165) is 6.54 Å². The zero-order chi connectivity index (χ0) is 13.2. The minimum atomic E-state index is -0.0510. The van der Waals surface area contributed by atoms with Crippen molar-refractivity contribution >= 4 is 21.8 Å². The number of fused-ring (bicyclic) bond motifs is 1. The van der Waals surface area contributed by atoms with Crippen LogP contribution < -0.4 is 14.8 Å². The molecule has 0 radical (unpaired) electrons. The van der Waals surface area contributed by atoms with E-state index < -0.39 is 0 Å². The fourth-order valence-electron chi connectivity index (χ4n) is 2.59. The molecule has 4 nitrogen and oxygen atoms in total. The summed E-state index contributed by atoms with van der Waals surface area (Å²) < 4.78 is 10.5. The largest absolute Gasteiger partial charge is 0.454 e. The fourth-order valence-corrected chi connectivity index (χ4v) is 3.36. The molecule has 1 fully saturated rings. The molecular formula is C14H16BrNO3. The maximum absolute atomic E-state index is 12.1. The van der Waals surface area contributed by atoms with Gasteiger partial charge in [-0.15, -0.1) is 0 Å². The molecule has 1 aliphatic carbocycles. The van der Waals surface area contributed by atoms with Crippen LogP contribution in [0.15, 0.2) is 18.2 Å². The Hall–Kier alpha value is -1.23. The number of rotatable bonds is 3. The average molecular weight is 326 g/mol. The number of ether oxygens (including phenoxy) is 2. The van der Waals surface area contributed by atoms with Gasteiger partial charge in [-0.3, -0.25) is 4.79 Å². The van der Waals surface area contributed by atoms with Crippen LogP contribution in [0.1, 0.15) is 29.6 Å². The summed E-state index contributed by atoms with van der Waals surface area (Å²) in [6, 6.07) is 5.28. The summed E-state index contributed by atoms with van der Waals surface area (Å²) in [5.41, 5.74) is 0.619. The first kappa shape index (κ1) is 12.8. The molecule has 2 aliphatic rings. The Bertz CT molecular complexity index is 492. The van der Waals surface area contributed by atoms with E-state index in [4.69, 9.17) is 9.47 Å². The molecule has 0 aromatic heterocycles. The van der Waals surface area contributed by atoms with Crippen LogP contribution in [-0.4, -0.2) is 24.1 Å². The van der Waals surface area contributed by atoms with Gasteiger partial charge in [-0.1, -0.05) is 22.4 Å². The Labute approximate surface area is 120 Å². The van der Waals surface area contributed by atoms with Crippen LogP contribution in [0.5, 0.6) is 11.5 Å². The Balaban J connectivity index is 1.61. The number of carbonyl (C=O) groups excluding carboxylic acids is 1. The fraction of sp³-hybridized carbons (Fsp3) is 0.500. The number of carbonyl (C=O) groups is 1. The summed E-state index contributed by atoms with van der Waals surface area (Å²) in [7, 11) is 0. The first-order valence-electron chi connectivity index (χ1n) is 6.56. The van der Waals surface area contributed by atoms with Gasteiger partial charge in [0, 0.05) is 16.9 Å². The Kier molecular flexibility index (Phi) is 3.64. The number of amides is 1. The number of hydrogen-bond donors (Lipinski definition) is 1. The third kappa shape index (κ3) is 2.71. The third-order valence-electron chi connectivity index (χ3n) is 3.73. The van der Waals surface area contributed by atoms with E-state index in [-0.39, 0.29) is 12.7 Å². The Morgan fingerprint density at radius 2 is 2.16 bits per heavy atom. The van der Waals surface area contributed by atoms with E-state index in [1.165, 1.54) is 19.3 Å². The highest BCUT2D eigenvalue weighted by Gasteiger charge is 2.25. The molecule has 3 rings (SSSR count). The molecule has 102 valence electrons. The van der Waals surface area contributed by atoms with Crippen LogP contribution in [0.3, 0.4) is 0 Å². The van der Waals surface area contributed by atoms with Crippen molar-refractivity contribution in [3.05, 3.63) is 23.8 Å². The van der Waals surface area contributed by atoms with Gasteiger partial charge in [-0.05, 0) is 37.0 Å². The van der Waals surface area contributed by atoms with E-state index in [1.807, 2.05) is 0 Å². The van der Waals surface area contributed by atoms with Gasteiger partial charge in [-0.25, -0.2) is 0 Å². The second kappa shape index (κ2) is 5.41. The zero-order valence-corrected chi connectivity index (χ0v) is 12.1. The monoisotopic (exact) mass is 325 g/mol. The summed E-state index contributed by atoms with van der Waals surface area (Å²) >= 11 is 3.66. The second-order valence-corrected chi connectivity index (χ2v) is 6.16. The van der Waals surface area contributed by atoms with Gasteiger partial charge < -0.3 is 14.8 Å². The maximum atomic E-state index is 12.1. The standard InChI is InChI=1S/C14H16BrNO3/c15-11-3-1-2-10(11)7-16-14(17)9-4-5-12-13(6-9)19-8-18-12/h4-6,10-11H,1-3,7-8H2,(H,16,17). The molecule has 1 saturated carbocycles. The smallest absolute Gasteiger partial charge is 0.251 e. The van der Waals surface area contributed by atoms with Crippen LogP contribution in [0, 0.1) is 5.92 Å². The maximum Gasteiger partial charge on any atom is 0.251 e. The van der Waals surface area contributed by atoms with Crippen molar-refractivity contribution in [2.24, 2.45) is 5.92 Å². The third-order valence-corrected chi connectivity index (χ3v) is 4.93. The molecule has 0 spiro atoms. The molecule has 1 amide bonds. The molecule has 1 heterocycles. The molecule has 1 aliphatic heterocycles. The van der Waals surface area contributed by atoms with Crippen molar-refractivity contribution in [1.29, 1.82) is 0 Å². The lowest BCUT2D eigenvalue weighted by Gasteiger charge is -2.14. The minimum absolute atomic E-state index is 0.0510. The van der Waals surface area contributed by atoms with Crippen molar-refractivity contribution in [3.63, 3.8) is 0 Å². The molecule has 19 heavy (non-hydrogen) atoms. The van der Waals surface area contributed by atoms with Gasteiger partial charge in [0.05, 0.1) is 0 Å². The van der Waals surface area contributed by atoms with Crippen molar-refractivity contribution in [1.82, 2.24) is 5.32 Å². The SMILES string of the molecule is O=C(NCC1CCCC1Br)c1ccc2c(c1)OCO2. The average Bonchev–Trinajstić information content (AvgIpc) is 3.03. The summed E-state index contributed by atoms with van der Waals surface area (Å²) in [4.78, 5) is 12.6. The van der Waals surface area contributed by atoms with Gasteiger partial charge in [0.2, 0.25) is 6.79 Å². The van der Waals surface area contributed by atoms with Crippen LogP contribution in [0.2, 0.25) is 0 Å². The Morgan fingerprint density at radius 3 is 2.95 bits per heavy atom. The van der Waals surface area contributed by atoms with Gasteiger partial charge >= 0.3 is 0 Å². The first-order valence-corrected chi connectivity index (χ1v) is 7.47. The highest BCUT2D eigenvalue weighted by atomic mass is 79.9. The topological polar surface area (TPSA) is 47.6 Å². The summed E-state index contributed by atoms with van der Waals surface area (Å²) in [5, 5.41) is 3.00. The van der Waals surface area contributed by atoms with Crippen LogP contribution in [0.4, 0.5) is 0 Å². The minimum Gasteiger partial charge on any atom is -0.454 e. The molecule has 1 aromatic carbocycles. The molecule has 0 bridgehead atoms. The number of hydrogen-bond acceptors (Lipinski definition) is 3. The predicted molar refractivity (Wildman–Crippen MR) is 75.0 cm³/mol. The lowest BCUT2D eigenvalue weighted by atomic mass is 10.1.